The number of nitrogens with zero attached hydrogens (tertiary/aromatic N) is 2. The van der Waals surface area contributed by atoms with Crippen LogP contribution in [0.15, 0.2) is 42.5 Å². The number of halogens is 1. The zero-order valence-corrected chi connectivity index (χ0v) is 15.4. The zero-order valence-electron chi connectivity index (χ0n) is 15.4. The largest absolute Gasteiger partial charge is 0.497 e. The van der Waals surface area contributed by atoms with E-state index in [1.54, 1.807) is 42.2 Å². The zero-order chi connectivity index (χ0) is 19.6. The average Bonchev–Trinajstić information content (AvgIpc) is 2.70. The van der Waals surface area contributed by atoms with Gasteiger partial charge in [-0.1, -0.05) is 0 Å². The summed E-state index contributed by atoms with van der Waals surface area (Å²) in [6.07, 6.45) is 0. The third kappa shape index (κ3) is 3.72. The Labute approximate surface area is 157 Å². The van der Waals surface area contributed by atoms with Crippen LogP contribution in [0, 0.1) is 5.82 Å². The molecule has 1 atom stereocenters. The number of methoxy groups -OCH3 is 2. The van der Waals surface area contributed by atoms with Crippen molar-refractivity contribution in [2.45, 2.75) is 13.0 Å². The van der Waals surface area contributed by atoms with Crippen molar-refractivity contribution >= 4 is 17.5 Å². The lowest BCUT2D eigenvalue weighted by Crippen LogP contribution is -2.57. The van der Waals surface area contributed by atoms with Gasteiger partial charge in [0.2, 0.25) is 5.91 Å². The first-order valence-electron chi connectivity index (χ1n) is 8.55. The Bertz CT molecular complexity index is 831. The van der Waals surface area contributed by atoms with Crippen molar-refractivity contribution in [2.75, 3.05) is 32.2 Å². The standard InChI is InChI=1S/C20H21FN2O4/c1-13-19(24)23(16-6-4-15(21)5-7-16)9-8-22(13)20(25)14-10-17(26-2)12-18(11-14)27-3/h4-7,10-13H,8-9H2,1-3H3. The first-order valence-corrected chi connectivity index (χ1v) is 8.55. The van der Waals surface area contributed by atoms with E-state index in [0.717, 1.165) is 0 Å². The summed E-state index contributed by atoms with van der Waals surface area (Å²) in [6.45, 7) is 2.39. The Morgan fingerprint density at radius 2 is 1.63 bits per heavy atom. The minimum Gasteiger partial charge on any atom is -0.497 e. The third-order valence-electron chi connectivity index (χ3n) is 4.65. The maximum absolute atomic E-state index is 13.1. The summed E-state index contributed by atoms with van der Waals surface area (Å²) in [5.74, 6) is 0.158. The Morgan fingerprint density at radius 3 is 2.19 bits per heavy atom. The van der Waals surface area contributed by atoms with Crippen molar-refractivity contribution in [3.63, 3.8) is 0 Å². The second-order valence-corrected chi connectivity index (χ2v) is 6.24. The van der Waals surface area contributed by atoms with Crippen LogP contribution in [0.3, 0.4) is 0 Å². The van der Waals surface area contributed by atoms with Crippen molar-refractivity contribution in [2.24, 2.45) is 0 Å². The molecule has 27 heavy (non-hydrogen) atoms. The third-order valence-corrected chi connectivity index (χ3v) is 4.65. The normalized spacial score (nSPS) is 17.0. The predicted octanol–water partition coefficient (Wildman–Crippen LogP) is 2.72. The van der Waals surface area contributed by atoms with Crippen LogP contribution >= 0.6 is 0 Å². The van der Waals surface area contributed by atoms with Gasteiger partial charge in [0.1, 0.15) is 23.4 Å². The number of amides is 2. The van der Waals surface area contributed by atoms with Crippen molar-refractivity contribution in [3.05, 3.63) is 53.8 Å². The van der Waals surface area contributed by atoms with Gasteiger partial charge in [-0.25, -0.2) is 4.39 Å². The fourth-order valence-corrected chi connectivity index (χ4v) is 3.12. The van der Waals surface area contributed by atoms with Gasteiger partial charge in [-0.15, -0.1) is 0 Å². The van der Waals surface area contributed by atoms with Crippen molar-refractivity contribution in [1.82, 2.24) is 4.90 Å². The van der Waals surface area contributed by atoms with Crippen LogP contribution in [0.2, 0.25) is 0 Å². The summed E-state index contributed by atoms with van der Waals surface area (Å²) in [7, 11) is 3.02. The van der Waals surface area contributed by atoms with Gasteiger partial charge in [0, 0.05) is 30.4 Å². The SMILES string of the molecule is COc1cc(OC)cc(C(=O)N2CCN(c3ccc(F)cc3)C(=O)C2C)c1. The molecule has 142 valence electrons. The fourth-order valence-electron chi connectivity index (χ4n) is 3.12. The highest BCUT2D eigenvalue weighted by atomic mass is 19.1. The molecule has 0 spiro atoms. The quantitative estimate of drug-likeness (QED) is 0.828. The van der Waals surface area contributed by atoms with E-state index in [1.807, 2.05) is 0 Å². The number of carbonyl (C=O) groups is 2. The van der Waals surface area contributed by atoms with Gasteiger partial charge in [0.15, 0.2) is 0 Å². The van der Waals surface area contributed by atoms with E-state index >= 15 is 0 Å². The van der Waals surface area contributed by atoms with Gasteiger partial charge in [-0.2, -0.15) is 0 Å². The van der Waals surface area contributed by atoms with Crippen LogP contribution in [0.4, 0.5) is 10.1 Å². The van der Waals surface area contributed by atoms with E-state index in [-0.39, 0.29) is 17.6 Å². The molecule has 7 heteroatoms. The van der Waals surface area contributed by atoms with E-state index in [0.29, 0.717) is 35.8 Å². The Morgan fingerprint density at radius 1 is 1.04 bits per heavy atom. The number of benzene rings is 2. The van der Waals surface area contributed by atoms with Gasteiger partial charge in [-0.3, -0.25) is 9.59 Å². The van der Waals surface area contributed by atoms with E-state index in [2.05, 4.69) is 0 Å². The van der Waals surface area contributed by atoms with Crippen LogP contribution in [0.1, 0.15) is 17.3 Å². The highest BCUT2D eigenvalue weighted by Crippen LogP contribution is 2.26. The van der Waals surface area contributed by atoms with Gasteiger partial charge >= 0.3 is 0 Å². The highest BCUT2D eigenvalue weighted by Gasteiger charge is 2.35. The minimum absolute atomic E-state index is 0.212. The summed E-state index contributed by atoms with van der Waals surface area (Å²) in [4.78, 5) is 28.9. The molecule has 1 unspecified atom stereocenters. The van der Waals surface area contributed by atoms with Crippen molar-refractivity contribution in [3.8, 4) is 11.5 Å². The number of anilines is 1. The van der Waals surface area contributed by atoms with Gasteiger partial charge in [0.25, 0.3) is 5.91 Å². The molecule has 1 aliphatic rings. The molecule has 1 aliphatic heterocycles. The van der Waals surface area contributed by atoms with E-state index in [4.69, 9.17) is 9.47 Å². The summed E-state index contributed by atoms with van der Waals surface area (Å²) in [5.41, 5.74) is 1.00. The molecular weight excluding hydrogens is 351 g/mol. The molecule has 2 aromatic carbocycles. The molecular formula is C20H21FN2O4. The topological polar surface area (TPSA) is 59.1 Å². The molecule has 0 aliphatic carbocycles. The summed E-state index contributed by atoms with van der Waals surface area (Å²) >= 11 is 0. The number of hydrogen-bond donors (Lipinski definition) is 0. The van der Waals surface area contributed by atoms with Crippen LogP contribution in [-0.4, -0.2) is 50.1 Å². The smallest absolute Gasteiger partial charge is 0.254 e. The molecule has 3 rings (SSSR count). The first-order chi connectivity index (χ1) is 12.9. The molecule has 2 amide bonds. The highest BCUT2D eigenvalue weighted by molar-refractivity contribution is 6.03. The van der Waals surface area contributed by atoms with Crippen LogP contribution in [0.25, 0.3) is 0 Å². The Kier molecular flexibility index (Phi) is 5.30. The maximum Gasteiger partial charge on any atom is 0.254 e. The monoisotopic (exact) mass is 372 g/mol. The van der Waals surface area contributed by atoms with Gasteiger partial charge < -0.3 is 19.3 Å². The van der Waals surface area contributed by atoms with Crippen molar-refractivity contribution < 1.29 is 23.5 Å². The lowest BCUT2D eigenvalue weighted by atomic mass is 10.1. The van der Waals surface area contributed by atoms with Gasteiger partial charge in [-0.05, 0) is 43.3 Å². The Hall–Kier alpha value is -3.09. The summed E-state index contributed by atoms with van der Waals surface area (Å²) in [6, 6.07) is 10.0. The number of ether oxygens (including phenoxy) is 2. The molecule has 1 saturated heterocycles. The average molecular weight is 372 g/mol. The van der Waals surface area contributed by atoms with E-state index < -0.39 is 6.04 Å². The molecule has 0 saturated carbocycles. The Balaban J connectivity index is 1.82. The van der Waals surface area contributed by atoms with Crippen LogP contribution in [-0.2, 0) is 4.79 Å². The van der Waals surface area contributed by atoms with E-state index in [9.17, 15) is 14.0 Å². The molecule has 6 nitrogen and oxygen atoms in total. The second kappa shape index (κ2) is 7.65. The second-order valence-electron chi connectivity index (χ2n) is 6.24. The van der Waals surface area contributed by atoms with Gasteiger partial charge in [0.05, 0.1) is 14.2 Å². The minimum atomic E-state index is -0.645. The number of piperazine rings is 1. The molecule has 0 radical (unpaired) electrons. The van der Waals surface area contributed by atoms with Crippen molar-refractivity contribution in [1.29, 1.82) is 0 Å². The lowest BCUT2D eigenvalue weighted by Gasteiger charge is -2.39. The van der Waals surface area contributed by atoms with Crippen LogP contribution in [0.5, 0.6) is 11.5 Å². The molecule has 1 fully saturated rings. The molecule has 1 heterocycles. The van der Waals surface area contributed by atoms with Crippen LogP contribution < -0.4 is 14.4 Å². The lowest BCUT2D eigenvalue weighted by molar-refractivity contribution is -0.124. The molecule has 0 bridgehead atoms. The maximum atomic E-state index is 13.1. The first kappa shape index (κ1) is 18.7. The van der Waals surface area contributed by atoms with E-state index in [1.165, 1.54) is 31.3 Å². The molecule has 2 aromatic rings. The summed E-state index contributed by atoms with van der Waals surface area (Å²) in [5, 5.41) is 0. The molecule has 0 aromatic heterocycles. The number of hydrogen-bond acceptors (Lipinski definition) is 4. The summed E-state index contributed by atoms with van der Waals surface area (Å²) < 4.78 is 23.6. The number of carbonyl (C=O) groups excluding carboxylic acids is 2. The predicted molar refractivity (Wildman–Crippen MR) is 98.8 cm³/mol. The number of rotatable bonds is 4. The fraction of sp³-hybridized carbons (Fsp3) is 0.300. The molecule has 0 N–H and O–H groups in total.